The van der Waals surface area contributed by atoms with E-state index in [2.05, 4.69) is 10.5 Å². The van der Waals surface area contributed by atoms with E-state index < -0.39 is 11.9 Å². The molecular weight excluding hydrogens is 302 g/mol. The highest BCUT2D eigenvalue weighted by Crippen LogP contribution is 2.28. The smallest absolute Gasteiger partial charge is 0.146 e. The molecule has 3 N–H and O–H groups in total. The summed E-state index contributed by atoms with van der Waals surface area (Å²) in [5.74, 6) is 5.07. The standard InChI is InChI=1S/C13H15Cl2FN4/c1-7-9(13(15)20(2)19-7)6-11(18-17)8-4-3-5-10(14)12(8)16/h3-5,11,18H,6,17H2,1-2H3. The lowest BCUT2D eigenvalue weighted by Gasteiger charge is -2.17. The van der Waals surface area contributed by atoms with Gasteiger partial charge in [0, 0.05) is 18.2 Å². The molecule has 0 aliphatic rings. The van der Waals surface area contributed by atoms with Gasteiger partial charge in [0.1, 0.15) is 11.0 Å². The van der Waals surface area contributed by atoms with Crippen LogP contribution < -0.4 is 11.3 Å². The molecule has 108 valence electrons. The van der Waals surface area contributed by atoms with Crippen LogP contribution in [0.15, 0.2) is 18.2 Å². The van der Waals surface area contributed by atoms with Crippen molar-refractivity contribution in [1.82, 2.24) is 15.2 Å². The maximum atomic E-state index is 14.1. The van der Waals surface area contributed by atoms with Crippen LogP contribution in [0, 0.1) is 12.7 Å². The van der Waals surface area contributed by atoms with Gasteiger partial charge in [-0.15, -0.1) is 0 Å². The second-order valence-electron chi connectivity index (χ2n) is 4.54. The van der Waals surface area contributed by atoms with Gasteiger partial charge in [0.15, 0.2) is 0 Å². The lowest BCUT2D eigenvalue weighted by atomic mass is 9.99. The monoisotopic (exact) mass is 316 g/mol. The molecule has 0 saturated carbocycles. The number of rotatable bonds is 4. The molecule has 0 saturated heterocycles. The molecule has 0 fully saturated rings. The zero-order chi connectivity index (χ0) is 14.9. The van der Waals surface area contributed by atoms with E-state index in [0.29, 0.717) is 17.1 Å². The van der Waals surface area contributed by atoms with Crippen molar-refractivity contribution in [3.63, 3.8) is 0 Å². The van der Waals surface area contributed by atoms with Crippen molar-refractivity contribution in [3.8, 4) is 0 Å². The first-order valence-corrected chi connectivity index (χ1v) is 6.79. The minimum Gasteiger partial charge on any atom is -0.271 e. The number of nitrogens with two attached hydrogens (primary N) is 1. The van der Waals surface area contributed by atoms with E-state index in [-0.39, 0.29) is 5.02 Å². The van der Waals surface area contributed by atoms with Gasteiger partial charge < -0.3 is 0 Å². The quantitative estimate of drug-likeness (QED) is 0.673. The molecule has 0 amide bonds. The summed E-state index contributed by atoms with van der Waals surface area (Å²) >= 11 is 12.0. The maximum Gasteiger partial charge on any atom is 0.146 e. The van der Waals surface area contributed by atoms with E-state index in [0.717, 1.165) is 11.3 Å². The lowest BCUT2D eigenvalue weighted by Crippen LogP contribution is -2.30. The number of nitrogens with one attached hydrogen (secondary N) is 1. The van der Waals surface area contributed by atoms with Crippen molar-refractivity contribution in [2.45, 2.75) is 19.4 Å². The summed E-state index contributed by atoms with van der Waals surface area (Å²) in [6.07, 6.45) is 0.423. The number of aryl methyl sites for hydroxylation is 2. The molecule has 1 aromatic heterocycles. The Morgan fingerprint density at radius 2 is 2.15 bits per heavy atom. The summed E-state index contributed by atoms with van der Waals surface area (Å²) in [4.78, 5) is 0. The molecule has 7 heteroatoms. The van der Waals surface area contributed by atoms with Crippen molar-refractivity contribution >= 4 is 23.2 Å². The molecule has 0 aliphatic carbocycles. The number of benzene rings is 1. The van der Waals surface area contributed by atoms with E-state index in [1.807, 2.05) is 6.92 Å². The Morgan fingerprint density at radius 3 is 2.70 bits per heavy atom. The summed E-state index contributed by atoms with van der Waals surface area (Å²) in [5.41, 5.74) is 4.63. The third-order valence-corrected chi connectivity index (χ3v) is 4.00. The molecular formula is C13H15Cl2FN4. The van der Waals surface area contributed by atoms with Crippen LogP contribution in [0.1, 0.15) is 22.9 Å². The van der Waals surface area contributed by atoms with Crippen LogP contribution in [0.5, 0.6) is 0 Å². The van der Waals surface area contributed by atoms with Gasteiger partial charge in [-0.05, 0) is 19.4 Å². The molecule has 0 spiro atoms. The molecule has 1 atom stereocenters. The van der Waals surface area contributed by atoms with Crippen LogP contribution in [0.3, 0.4) is 0 Å². The van der Waals surface area contributed by atoms with E-state index in [9.17, 15) is 4.39 Å². The highest BCUT2D eigenvalue weighted by atomic mass is 35.5. The summed E-state index contributed by atoms with van der Waals surface area (Å²) in [6.45, 7) is 1.85. The molecule has 4 nitrogen and oxygen atoms in total. The molecule has 0 bridgehead atoms. The van der Waals surface area contributed by atoms with Crippen molar-refractivity contribution in [3.05, 3.63) is 51.0 Å². The molecule has 1 heterocycles. The zero-order valence-corrected chi connectivity index (χ0v) is 12.6. The van der Waals surface area contributed by atoms with Gasteiger partial charge in [-0.1, -0.05) is 35.3 Å². The van der Waals surface area contributed by atoms with E-state index >= 15 is 0 Å². The van der Waals surface area contributed by atoms with Crippen molar-refractivity contribution in [1.29, 1.82) is 0 Å². The minimum atomic E-state index is -0.477. The fraction of sp³-hybridized carbons (Fsp3) is 0.308. The van der Waals surface area contributed by atoms with E-state index in [1.165, 1.54) is 6.07 Å². The predicted molar refractivity (Wildman–Crippen MR) is 78.1 cm³/mol. The average Bonchev–Trinajstić information content (AvgIpc) is 2.65. The Hall–Kier alpha value is -1.14. The van der Waals surface area contributed by atoms with Crippen LogP contribution in [-0.2, 0) is 13.5 Å². The minimum absolute atomic E-state index is 0.0664. The topological polar surface area (TPSA) is 55.9 Å². The number of hydrogen-bond donors (Lipinski definition) is 2. The van der Waals surface area contributed by atoms with Crippen LogP contribution in [0.4, 0.5) is 4.39 Å². The van der Waals surface area contributed by atoms with Crippen molar-refractivity contribution in [2.75, 3.05) is 0 Å². The van der Waals surface area contributed by atoms with Gasteiger partial charge >= 0.3 is 0 Å². The van der Waals surface area contributed by atoms with E-state index in [4.69, 9.17) is 29.0 Å². The van der Waals surface area contributed by atoms with Crippen LogP contribution in [-0.4, -0.2) is 9.78 Å². The highest BCUT2D eigenvalue weighted by molar-refractivity contribution is 6.31. The summed E-state index contributed by atoms with van der Waals surface area (Å²) in [6, 6.07) is 4.39. The normalized spacial score (nSPS) is 12.7. The first-order valence-electron chi connectivity index (χ1n) is 6.03. The Morgan fingerprint density at radius 1 is 1.45 bits per heavy atom. The fourth-order valence-electron chi connectivity index (χ4n) is 2.16. The Balaban J connectivity index is 2.36. The third-order valence-electron chi connectivity index (χ3n) is 3.24. The summed E-state index contributed by atoms with van der Waals surface area (Å²) < 4.78 is 15.6. The highest BCUT2D eigenvalue weighted by Gasteiger charge is 2.21. The lowest BCUT2D eigenvalue weighted by molar-refractivity contribution is 0.510. The second kappa shape index (κ2) is 6.10. The van der Waals surface area contributed by atoms with Crippen LogP contribution in [0.2, 0.25) is 10.2 Å². The van der Waals surface area contributed by atoms with Gasteiger partial charge in [0.2, 0.25) is 0 Å². The number of hydrazine groups is 1. The van der Waals surface area contributed by atoms with Crippen LogP contribution in [0.25, 0.3) is 0 Å². The molecule has 2 rings (SSSR count). The SMILES string of the molecule is Cc1nn(C)c(Cl)c1CC(NN)c1cccc(Cl)c1F. The van der Waals surface area contributed by atoms with Gasteiger partial charge in [0.05, 0.1) is 16.8 Å². The summed E-state index contributed by atoms with van der Waals surface area (Å²) in [5, 5.41) is 4.81. The van der Waals surface area contributed by atoms with Gasteiger partial charge in [-0.25, -0.2) is 4.39 Å². The van der Waals surface area contributed by atoms with Gasteiger partial charge in [-0.3, -0.25) is 16.0 Å². The Bertz CT molecular complexity index is 627. The number of hydrogen-bond acceptors (Lipinski definition) is 3. The third kappa shape index (κ3) is 2.81. The number of halogens is 3. The average molecular weight is 317 g/mol. The largest absolute Gasteiger partial charge is 0.271 e. The van der Waals surface area contributed by atoms with Gasteiger partial charge in [0.25, 0.3) is 0 Å². The summed E-state index contributed by atoms with van der Waals surface area (Å²) in [7, 11) is 1.75. The Kier molecular flexibility index (Phi) is 4.65. The van der Waals surface area contributed by atoms with Gasteiger partial charge in [-0.2, -0.15) is 5.10 Å². The van der Waals surface area contributed by atoms with Crippen molar-refractivity contribution < 1.29 is 4.39 Å². The molecule has 1 aromatic carbocycles. The molecule has 0 radical (unpaired) electrons. The molecule has 20 heavy (non-hydrogen) atoms. The second-order valence-corrected chi connectivity index (χ2v) is 5.31. The number of aromatic nitrogens is 2. The molecule has 2 aromatic rings. The first kappa shape index (κ1) is 15.3. The van der Waals surface area contributed by atoms with E-state index in [1.54, 1.807) is 23.9 Å². The maximum absolute atomic E-state index is 14.1. The fourth-order valence-corrected chi connectivity index (χ4v) is 2.59. The number of nitrogens with zero attached hydrogens (tertiary/aromatic N) is 2. The predicted octanol–water partition coefficient (Wildman–Crippen LogP) is 2.92. The van der Waals surface area contributed by atoms with Crippen molar-refractivity contribution in [2.24, 2.45) is 12.9 Å². The Labute approximate surface area is 126 Å². The zero-order valence-electron chi connectivity index (χ0n) is 11.1. The van der Waals surface area contributed by atoms with Crippen LogP contribution >= 0.6 is 23.2 Å². The molecule has 0 aliphatic heterocycles. The first-order chi connectivity index (χ1) is 9.45. The molecule has 1 unspecified atom stereocenters.